The van der Waals surface area contributed by atoms with Gasteiger partial charge in [0.2, 0.25) is 0 Å². The van der Waals surface area contributed by atoms with Crippen molar-refractivity contribution in [3.8, 4) is 33.8 Å². The Kier molecular flexibility index (Phi) is 4.36. The largest absolute Gasteiger partial charge is 0.506 e. The summed E-state index contributed by atoms with van der Waals surface area (Å²) in [5.41, 5.74) is 1.99. The monoisotopic (exact) mass is 458 g/mol. The smallest absolute Gasteiger partial charge is 0.282 e. The molecule has 1 N–H and O–H groups in total. The third-order valence-electron chi connectivity index (χ3n) is 6.27. The van der Waals surface area contributed by atoms with Crippen LogP contribution >= 0.6 is 0 Å². The second-order valence-corrected chi connectivity index (χ2v) is 8.82. The number of aromatic nitrogens is 4. The van der Waals surface area contributed by atoms with Gasteiger partial charge in [0.1, 0.15) is 22.9 Å². The molecule has 0 radical (unpaired) electrons. The highest BCUT2D eigenvalue weighted by atomic mass is 19.1. The number of para-hydroxylation sites is 2. The average molecular weight is 458 g/mol. The lowest BCUT2D eigenvalue weighted by atomic mass is 9.99. The molecule has 34 heavy (non-hydrogen) atoms. The highest BCUT2D eigenvalue weighted by Gasteiger charge is 2.32. The number of nitrogens with zero attached hydrogens (tertiary/aromatic N) is 4. The van der Waals surface area contributed by atoms with Gasteiger partial charge in [0.25, 0.3) is 5.56 Å². The number of aryl methyl sites for hydroxylation is 2. The number of phenols is 1. The van der Waals surface area contributed by atoms with Crippen LogP contribution in [0.4, 0.5) is 8.78 Å². The summed E-state index contributed by atoms with van der Waals surface area (Å²) in [6.07, 6.45) is 3.29. The van der Waals surface area contributed by atoms with Crippen LogP contribution in [0.1, 0.15) is 30.3 Å². The van der Waals surface area contributed by atoms with Crippen LogP contribution in [0.25, 0.3) is 39.0 Å². The van der Waals surface area contributed by atoms with Crippen molar-refractivity contribution in [3.05, 3.63) is 82.0 Å². The van der Waals surface area contributed by atoms with Gasteiger partial charge in [0.05, 0.1) is 16.6 Å². The van der Waals surface area contributed by atoms with E-state index in [9.17, 15) is 9.90 Å². The van der Waals surface area contributed by atoms with Crippen molar-refractivity contribution in [2.24, 2.45) is 0 Å². The average Bonchev–Trinajstić information content (AvgIpc) is 3.57. The van der Waals surface area contributed by atoms with Gasteiger partial charge in [-0.25, -0.2) is 8.78 Å². The van der Waals surface area contributed by atoms with E-state index in [1.807, 2.05) is 0 Å². The molecule has 0 spiro atoms. The van der Waals surface area contributed by atoms with Gasteiger partial charge in [-0.2, -0.15) is 9.78 Å². The molecule has 0 bridgehead atoms. The summed E-state index contributed by atoms with van der Waals surface area (Å²) < 4.78 is 34.4. The molecule has 0 unspecified atom stereocenters. The molecule has 1 fully saturated rings. The minimum Gasteiger partial charge on any atom is -0.506 e. The Balaban J connectivity index is 1.71. The van der Waals surface area contributed by atoms with Gasteiger partial charge in [0.15, 0.2) is 5.82 Å². The zero-order valence-corrected chi connectivity index (χ0v) is 18.5. The molecule has 2 aromatic carbocycles. The molecule has 3 aromatic rings. The lowest BCUT2D eigenvalue weighted by Gasteiger charge is -2.17. The van der Waals surface area contributed by atoms with E-state index in [-0.39, 0.29) is 45.2 Å². The molecule has 3 heterocycles. The van der Waals surface area contributed by atoms with Crippen LogP contribution in [0.15, 0.2) is 53.5 Å². The Hall–Kier alpha value is -4.07. The van der Waals surface area contributed by atoms with Crippen molar-refractivity contribution >= 4 is 10.9 Å². The van der Waals surface area contributed by atoms with Gasteiger partial charge in [0, 0.05) is 29.0 Å². The number of aromatic hydroxyl groups is 1. The zero-order chi connectivity index (χ0) is 23.7. The van der Waals surface area contributed by atoms with Crippen molar-refractivity contribution in [3.63, 3.8) is 0 Å². The topological polar surface area (TPSA) is 72.9 Å². The van der Waals surface area contributed by atoms with E-state index in [1.54, 1.807) is 54.9 Å². The lowest BCUT2D eigenvalue weighted by Crippen LogP contribution is -2.15. The van der Waals surface area contributed by atoms with E-state index < -0.39 is 17.2 Å². The normalized spacial score (nSPS) is 13.8. The number of fused-ring (bicyclic) bond motifs is 3. The fourth-order valence-corrected chi connectivity index (χ4v) is 4.67. The fourth-order valence-electron chi connectivity index (χ4n) is 4.67. The molecular formula is C26H20F2N4O2. The predicted molar refractivity (Wildman–Crippen MR) is 125 cm³/mol. The van der Waals surface area contributed by atoms with E-state index >= 15 is 8.78 Å². The Bertz CT molecular complexity index is 1630. The Morgan fingerprint density at radius 3 is 2.44 bits per heavy atom. The van der Waals surface area contributed by atoms with E-state index in [0.717, 1.165) is 17.5 Å². The van der Waals surface area contributed by atoms with Crippen LogP contribution in [-0.4, -0.2) is 24.4 Å². The van der Waals surface area contributed by atoms with Crippen molar-refractivity contribution < 1.29 is 13.9 Å². The molecule has 8 heteroatoms. The van der Waals surface area contributed by atoms with Crippen molar-refractivity contribution in [1.29, 1.82) is 0 Å². The number of halogens is 2. The quantitative estimate of drug-likeness (QED) is 0.399. The van der Waals surface area contributed by atoms with Gasteiger partial charge in [-0.1, -0.05) is 12.1 Å². The Morgan fingerprint density at radius 1 is 1.06 bits per heavy atom. The van der Waals surface area contributed by atoms with E-state index in [0.29, 0.717) is 17.0 Å². The SMILES string of the molecule is Cc1cc(-c2c(F)cc3c4nn(-c5ccccc5O)c(=O)c-4cn(C4CC4)c3c2F)cc(C)n1. The standard InChI is InChI=1S/C26H20F2N4O2/c1-13-9-15(10-14(2)29-13)22-19(27)11-17-24-18(12-31(16-7-8-16)25(17)23(22)28)26(34)32(30-24)20-5-3-4-6-21(20)33/h3-6,9-12,16,33H,7-8H2,1-2H3. The molecule has 6 nitrogen and oxygen atoms in total. The number of hydrogen-bond acceptors (Lipinski definition) is 4. The molecule has 3 aliphatic rings. The van der Waals surface area contributed by atoms with Crippen molar-refractivity contribution in [2.45, 2.75) is 32.7 Å². The number of rotatable bonds is 3. The summed E-state index contributed by atoms with van der Waals surface area (Å²) in [4.78, 5) is 17.5. The van der Waals surface area contributed by atoms with Crippen molar-refractivity contribution in [1.82, 2.24) is 19.3 Å². The minimum absolute atomic E-state index is 0.0218. The van der Waals surface area contributed by atoms with Crippen LogP contribution in [0.5, 0.6) is 5.75 Å². The third kappa shape index (κ3) is 3.02. The lowest BCUT2D eigenvalue weighted by molar-refractivity contribution is 0.470. The number of benzene rings is 2. The molecule has 2 aliphatic heterocycles. The molecule has 1 saturated carbocycles. The Labute approximate surface area is 193 Å². The van der Waals surface area contributed by atoms with E-state index in [1.165, 1.54) is 12.1 Å². The van der Waals surface area contributed by atoms with Crippen LogP contribution in [0.2, 0.25) is 0 Å². The molecule has 0 saturated heterocycles. The zero-order valence-electron chi connectivity index (χ0n) is 18.5. The highest BCUT2D eigenvalue weighted by Crippen LogP contribution is 2.43. The maximum Gasteiger partial charge on any atom is 0.282 e. The summed E-state index contributed by atoms with van der Waals surface area (Å²) in [5.74, 6) is -1.55. The molecule has 1 aliphatic carbocycles. The summed E-state index contributed by atoms with van der Waals surface area (Å²) in [6, 6.07) is 10.9. The summed E-state index contributed by atoms with van der Waals surface area (Å²) in [7, 11) is 0. The number of pyridine rings is 2. The van der Waals surface area contributed by atoms with Gasteiger partial charge < -0.3 is 9.67 Å². The first-order valence-corrected chi connectivity index (χ1v) is 11.0. The molecule has 6 rings (SSSR count). The molecular weight excluding hydrogens is 438 g/mol. The fraction of sp³-hybridized carbons (Fsp3) is 0.192. The van der Waals surface area contributed by atoms with Gasteiger partial charge in [-0.05, 0) is 62.6 Å². The summed E-state index contributed by atoms with van der Waals surface area (Å²) in [6.45, 7) is 3.56. The first kappa shape index (κ1) is 20.5. The van der Waals surface area contributed by atoms with E-state index in [2.05, 4.69) is 10.1 Å². The summed E-state index contributed by atoms with van der Waals surface area (Å²) >= 11 is 0. The van der Waals surface area contributed by atoms with E-state index in [4.69, 9.17) is 0 Å². The molecule has 1 aromatic heterocycles. The van der Waals surface area contributed by atoms with Crippen LogP contribution in [0.3, 0.4) is 0 Å². The van der Waals surface area contributed by atoms with Crippen LogP contribution in [0, 0.1) is 25.5 Å². The van der Waals surface area contributed by atoms with Gasteiger partial charge >= 0.3 is 0 Å². The van der Waals surface area contributed by atoms with Gasteiger partial charge in [-0.15, -0.1) is 0 Å². The number of hydrogen-bond donors (Lipinski definition) is 1. The first-order chi connectivity index (χ1) is 16.3. The second kappa shape index (κ2) is 7.21. The van der Waals surface area contributed by atoms with Crippen LogP contribution < -0.4 is 5.56 Å². The Morgan fingerprint density at radius 2 is 1.76 bits per heavy atom. The third-order valence-corrected chi connectivity index (χ3v) is 6.27. The minimum atomic E-state index is -0.741. The highest BCUT2D eigenvalue weighted by molar-refractivity contribution is 5.97. The maximum absolute atomic E-state index is 16.1. The molecule has 170 valence electrons. The maximum atomic E-state index is 16.1. The predicted octanol–water partition coefficient (Wildman–Crippen LogP) is 5.29. The number of phenolic OH excluding ortho intramolecular Hbond substituents is 1. The van der Waals surface area contributed by atoms with Crippen LogP contribution in [-0.2, 0) is 0 Å². The molecule has 0 amide bonds. The van der Waals surface area contributed by atoms with Gasteiger partial charge in [-0.3, -0.25) is 9.78 Å². The second-order valence-electron chi connectivity index (χ2n) is 8.82. The molecule has 0 atom stereocenters. The summed E-state index contributed by atoms with van der Waals surface area (Å²) in [5, 5.41) is 14.9. The first-order valence-electron chi connectivity index (χ1n) is 11.0. The van der Waals surface area contributed by atoms with Crippen molar-refractivity contribution in [2.75, 3.05) is 0 Å².